The smallest absolute Gasteiger partial charge is 0.340 e. The van der Waals surface area contributed by atoms with Gasteiger partial charge in [0.25, 0.3) is 5.91 Å². The minimum atomic E-state index is -1.10. The number of carboxylic acids is 1. The molecule has 2 N–H and O–H groups in total. The number of aryl methyl sites for hydroxylation is 2. The summed E-state index contributed by atoms with van der Waals surface area (Å²) < 4.78 is 11.2. The monoisotopic (exact) mass is 455 g/mol. The molecule has 1 heterocycles. The maximum atomic E-state index is 12.7. The molecule has 168 valence electrons. The number of carboxylic acid groups (broad SMARTS) is 1. The highest BCUT2D eigenvalue weighted by atomic mass is 32.2. The van der Waals surface area contributed by atoms with Crippen molar-refractivity contribution >= 4 is 34.6 Å². The quantitative estimate of drug-likeness (QED) is 0.477. The van der Waals surface area contributed by atoms with Crippen LogP contribution < -0.4 is 15.7 Å². The number of carbonyl (C=O) groups is 2. The van der Waals surface area contributed by atoms with Gasteiger partial charge in [-0.25, -0.2) is 9.59 Å². The molecule has 1 atom stereocenters. The summed E-state index contributed by atoms with van der Waals surface area (Å²) in [7, 11) is 0. The lowest BCUT2D eigenvalue weighted by Gasteiger charge is -2.15. The number of aliphatic carboxylic acids is 1. The van der Waals surface area contributed by atoms with E-state index in [1.54, 1.807) is 25.3 Å². The molecule has 0 saturated carbocycles. The minimum Gasteiger partial charge on any atom is -0.483 e. The summed E-state index contributed by atoms with van der Waals surface area (Å²) in [6, 6.07) is 12.2. The van der Waals surface area contributed by atoms with Gasteiger partial charge in [-0.3, -0.25) is 4.79 Å². The number of hydrogen-bond acceptors (Lipinski definition) is 6. The van der Waals surface area contributed by atoms with Gasteiger partial charge in [-0.05, 0) is 43.4 Å². The van der Waals surface area contributed by atoms with Crippen molar-refractivity contribution in [2.75, 3.05) is 18.6 Å². The molecule has 1 amide bonds. The molecule has 3 aromatic rings. The Labute approximate surface area is 189 Å². The van der Waals surface area contributed by atoms with E-state index in [1.165, 1.54) is 11.8 Å². The third-order valence-electron chi connectivity index (χ3n) is 5.20. The molecule has 2 aromatic carbocycles. The summed E-state index contributed by atoms with van der Waals surface area (Å²) in [4.78, 5) is 36.0. The van der Waals surface area contributed by atoms with E-state index in [0.29, 0.717) is 28.9 Å². The largest absolute Gasteiger partial charge is 0.483 e. The van der Waals surface area contributed by atoms with Gasteiger partial charge in [-0.1, -0.05) is 30.3 Å². The van der Waals surface area contributed by atoms with E-state index in [1.807, 2.05) is 37.3 Å². The van der Waals surface area contributed by atoms with Crippen molar-refractivity contribution < 1.29 is 23.8 Å². The number of carbonyl (C=O) groups excluding carboxylic acids is 1. The van der Waals surface area contributed by atoms with Crippen molar-refractivity contribution in [2.24, 2.45) is 0 Å². The SMILES string of the molecule is CSCC(NC(=O)COc1ccc2c(C)c(Cc3ccccc3)c(=O)oc2c1C)C(=O)O. The van der Waals surface area contributed by atoms with E-state index >= 15 is 0 Å². The molecule has 0 aliphatic carbocycles. The molecule has 1 aromatic heterocycles. The molecule has 0 aliphatic rings. The van der Waals surface area contributed by atoms with Gasteiger partial charge < -0.3 is 19.6 Å². The summed E-state index contributed by atoms with van der Waals surface area (Å²) in [5, 5.41) is 12.4. The molecule has 0 saturated heterocycles. The Kier molecular flexibility index (Phi) is 7.58. The van der Waals surface area contributed by atoms with Gasteiger partial charge in [-0.15, -0.1) is 0 Å². The van der Waals surface area contributed by atoms with Gasteiger partial charge in [0, 0.05) is 28.7 Å². The van der Waals surface area contributed by atoms with Crippen molar-refractivity contribution in [3.05, 3.63) is 75.1 Å². The molecular formula is C24H25NO6S. The fourth-order valence-electron chi connectivity index (χ4n) is 3.45. The number of thioether (sulfide) groups is 1. The molecule has 3 rings (SSSR count). The van der Waals surface area contributed by atoms with E-state index in [-0.39, 0.29) is 12.4 Å². The van der Waals surface area contributed by atoms with Crippen LogP contribution in [-0.4, -0.2) is 41.6 Å². The first kappa shape index (κ1) is 23.4. The molecule has 0 aliphatic heterocycles. The normalized spacial score (nSPS) is 11.8. The predicted molar refractivity (Wildman–Crippen MR) is 125 cm³/mol. The lowest BCUT2D eigenvalue weighted by molar-refractivity contribution is -0.141. The zero-order valence-corrected chi connectivity index (χ0v) is 19.0. The highest BCUT2D eigenvalue weighted by Gasteiger charge is 2.20. The van der Waals surface area contributed by atoms with Crippen LogP contribution in [0.2, 0.25) is 0 Å². The summed E-state index contributed by atoms with van der Waals surface area (Å²) in [5.74, 6) is -0.992. The first-order chi connectivity index (χ1) is 15.3. The molecule has 7 nitrogen and oxygen atoms in total. The van der Waals surface area contributed by atoms with Crippen LogP contribution in [-0.2, 0) is 16.0 Å². The number of nitrogens with one attached hydrogen (secondary N) is 1. The van der Waals surface area contributed by atoms with Crippen molar-refractivity contribution in [2.45, 2.75) is 26.3 Å². The molecular weight excluding hydrogens is 430 g/mol. The molecule has 1 unspecified atom stereocenters. The Morgan fingerprint density at radius 3 is 2.50 bits per heavy atom. The minimum absolute atomic E-state index is 0.256. The first-order valence-electron chi connectivity index (χ1n) is 10.1. The van der Waals surface area contributed by atoms with Crippen LogP contribution >= 0.6 is 11.8 Å². The third-order valence-corrected chi connectivity index (χ3v) is 5.87. The van der Waals surface area contributed by atoms with Gasteiger partial charge in [0.1, 0.15) is 17.4 Å². The lowest BCUT2D eigenvalue weighted by atomic mass is 9.98. The van der Waals surface area contributed by atoms with Gasteiger partial charge in [0.05, 0.1) is 0 Å². The second kappa shape index (κ2) is 10.4. The molecule has 0 radical (unpaired) electrons. The zero-order valence-electron chi connectivity index (χ0n) is 18.1. The second-order valence-electron chi connectivity index (χ2n) is 7.42. The fraction of sp³-hybridized carbons (Fsp3) is 0.292. The maximum Gasteiger partial charge on any atom is 0.340 e. The van der Waals surface area contributed by atoms with Crippen molar-refractivity contribution in [3.63, 3.8) is 0 Å². The van der Waals surface area contributed by atoms with E-state index in [2.05, 4.69) is 5.32 Å². The van der Waals surface area contributed by atoms with Crippen molar-refractivity contribution in [3.8, 4) is 5.75 Å². The van der Waals surface area contributed by atoms with Crippen LogP contribution in [0.1, 0.15) is 22.3 Å². The summed E-state index contributed by atoms with van der Waals surface area (Å²) in [6.45, 7) is 3.30. The Bertz CT molecular complexity index is 1190. The third kappa shape index (κ3) is 5.31. The van der Waals surface area contributed by atoms with Gasteiger partial charge in [-0.2, -0.15) is 11.8 Å². The lowest BCUT2D eigenvalue weighted by Crippen LogP contribution is -2.44. The number of rotatable bonds is 9. The number of amides is 1. The Morgan fingerprint density at radius 2 is 1.84 bits per heavy atom. The molecule has 0 bridgehead atoms. The molecule has 8 heteroatoms. The number of hydrogen-bond donors (Lipinski definition) is 2. The fourth-order valence-corrected chi connectivity index (χ4v) is 4.01. The Morgan fingerprint density at radius 1 is 1.12 bits per heavy atom. The Hall–Kier alpha value is -3.26. The zero-order chi connectivity index (χ0) is 23.3. The highest BCUT2D eigenvalue weighted by Crippen LogP contribution is 2.30. The van der Waals surface area contributed by atoms with Crippen LogP contribution in [0.5, 0.6) is 5.75 Å². The van der Waals surface area contributed by atoms with Crippen LogP contribution in [0.3, 0.4) is 0 Å². The summed E-state index contributed by atoms with van der Waals surface area (Å²) in [5.41, 5.74) is 3.07. The van der Waals surface area contributed by atoms with E-state index in [9.17, 15) is 14.4 Å². The van der Waals surface area contributed by atoms with Crippen LogP contribution in [0.25, 0.3) is 11.0 Å². The topological polar surface area (TPSA) is 106 Å². The molecule has 32 heavy (non-hydrogen) atoms. The standard InChI is InChI=1S/C24H25NO6S/c1-14-17-9-10-20(30-12-21(26)25-19(13-32-3)23(27)28)15(2)22(17)31-24(29)18(14)11-16-7-5-4-6-8-16/h4-10,19H,11-13H2,1-3H3,(H,25,26)(H,27,28). The van der Waals surface area contributed by atoms with E-state index < -0.39 is 23.5 Å². The van der Waals surface area contributed by atoms with Gasteiger partial charge in [0.15, 0.2) is 6.61 Å². The number of fused-ring (bicyclic) bond motifs is 1. The summed E-state index contributed by atoms with van der Waals surface area (Å²) >= 11 is 1.32. The summed E-state index contributed by atoms with van der Waals surface area (Å²) in [6.07, 6.45) is 2.24. The maximum absolute atomic E-state index is 12.7. The average Bonchev–Trinajstić information content (AvgIpc) is 2.77. The number of benzene rings is 2. The molecule has 0 spiro atoms. The van der Waals surface area contributed by atoms with Crippen molar-refractivity contribution in [1.82, 2.24) is 5.32 Å². The van der Waals surface area contributed by atoms with Crippen LogP contribution in [0.4, 0.5) is 0 Å². The number of ether oxygens (including phenoxy) is 1. The van der Waals surface area contributed by atoms with Crippen LogP contribution in [0.15, 0.2) is 51.7 Å². The average molecular weight is 456 g/mol. The van der Waals surface area contributed by atoms with Crippen LogP contribution in [0, 0.1) is 13.8 Å². The second-order valence-corrected chi connectivity index (χ2v) is 8.33. The van der Waals surface area contributed by atoms with Gasteiger partial charge >= 0.3 is 11.6 Å². The first-order valence-corrected chi connectivity index (χ1v) is 11.4. The van der Waals surface area contributed by atoms with E-state index in [0.717, 1.165) is 16.5 Å². The predicted octanol–water partition coefficient (Wildman–Crippen LogP) is 3.31. The van der Waals surface area contributed by atoms with E-state index in [4.69, 9.17) is 14.3 Å². The highest BCUT2D eigenvalue weighted by molar-refractivity contribution is 7.98. The van der Waals surface area contributed by atoms with Crippen molar-refractivity contribution in [1.29, 1.82) is 0 Å². The Balaban J connectivity index is 1.81. The molecule has 0 fully saturated rings. The van der Waals surface area contributed by atoms with Gasteiger partial charge in [0.2, 0.25) is 0 Å².